The normalized spacial score (nSPS) is 10.1. The van der Waals surface area contributed by atoms with Crippen molar-refractivity contribution < 1.29 is 19.8 Å². The van der Waals surface area contributed by atoms with Gasteiger partial charge in [-0.05, 0) is 17.5 Å². The molecule has 0 unspecified atom stereocenters. The molecule has 3 N–H and O–H groups in total. The van der Waals surface area contributed by atoms with E-state index in [1.54, 1.807) is 23.6 Å². The average Bonchev–Trinajstić information content (AvgIpc) is 2.80. The monoisotopic (exact) mass is 277 g/mol. The first-order valence-corrected chi connectivity index (χ1v) is 6.33. The fraction of sp³-hybridized carbons (Fsp3) is 0.0769. The summed E-state index contributed by atoms with van der Waals surface area (Å²) in [6, 6.07) is 8.06. The number of aromatic carboxylic acids is 1. The Balaban J connectivity index is 2.08. The number of rotatable bonds is 4. The number of benzene rings is 1. The lowest BCUT2D eigenvalue weighted by Crippen LogP contribution is -2.15. The molecule has 1 amide bonds. The van der Waals surface area contributed by atoms with Crippen molar-refractivity contribution in [3.63, 3.8) is 0 Å². The number of carbonyl (C=O) groups is 2. The minimum atomic E-state index is -1.08. The molecular formula is C13H11NO4S. The molecule has 0 spiro atoms. The van der Waals surface area contributed by atoms with Crippen molar-refractivity contribution in [1.29, 1.82) is 0 Å². The van der Waals surface area contributed by atoms with E-state index in [1.807, 2.05) is 0 Å². The quantitative estimate of drug-likeness (QED) is 0.800. The van der Waals surface area contributed by atoms with Gasteiger partial charge in [-0.1, -0.05) is 18.2 Å². The minimum absolute atomic E-state index is 0.0123. The Morgan fingerprint density at radius 1 is 1.21 bits per heavy atom. The number of nitrogens with one attached hydrogen (secondary N) is 1. The van der Waals surface area contributed by atoms with E-state index in [4.69, 9.17) is 5.11 Å². The molecule has 0 saturated carbocycles. The van der Waals surface area contributed by atoms with Crippen LogP contribution in [-0.2, 0) is 11.2 Å². The third-order valence-corrected chi connectivity index (χ3v) is 3.38. The van der Waals surface area contributed by atoms with Gasteiger partial charge in [-0.2, -0.15) is 0 Å². The highest BCUT2D eigenvalue weighted by Crippen LogP contribution is 2.23. The summed E-state index contributed by atoms with van der Waals surface area (Å²) in [5, 5.41) is 22.6. The molecule has 1 heterocycles. The number of carboxylic acids is 1. The number of carbonyl (C=O) groups excluding carboxylic acids is 1. The van der Waals surface area contributed by atoms with Crippen LogP contribution in [0.2, 0.25) is 0 Å². The van der Waals surface area contributed by atoms with E-state index in [-0.39, 0.29) is 28.6 Å². The molecule has 1 aromatic heterocycles. The maximum atomic E-state index is 11.8. The van der Waals surface area contributed by atoms with Crippen molar-refractivity contribution in [3.05, 3.63) is 46.2 Å². The average molecular weight is 277 g/mol. The Bertz CT molecular complexity index is 621. The topological polar surface area (TPSA) is 86.6 Å². The Kier molecular flexibility index (Phi) is 3.82. The Morgan fingerprint density at radius 2 is 1.95 bits per heavy atom. The van der Waals surface area contributed by atoms with Gasteiger partial charge in [0.15, 0.2) is 0 Å². The van der Waals surface area contributed by atoms with Crippen molar-refractivity contribution in [2.24, 2.45) is 0 Å². The predicted molar refractivity (Wildman–Crippen MR) is 71.7 cm³/mol. The van der Waals surface area contributed by atoms with Crippen LogP contribution in [0.1, 0.15) is 15.2 Å². The number of thiophene rings is 1. The smallest absolute Gasteiger partial charge is 0.348 e. The van der Waals surface area contributed by atoms with Crippen LogP contribution in [0, 0.1) is 0 Å². The number of aromatic hydroxyl groups is 1. The summed E-state index contributed by atoms with van der Waals surface area (Å²) < 4.78 is 0. The van der Waals surface area contributed by atoms with Crippen LogP contribution in [0.5, 0.6) is 5.75 Å². The van der Waals surface area contributed by atoms with Crippen LogP contribution >= 0.6 is 11.3 Å². The van der Waals surface area contributed by atoms with Gasteiger partial charge >= 0.3 is 5.97 Å². The summed E-state index contributed by atoms with van der Waals surface area (Å²) in [5.41, 5.74) is 0.769. The van der Waals surface area contributed by atoms with E-state index in [1.165, 1.54) is 12.1 Å². The van der Waals surface area contributed by atoms with Gasteiger partial charge < -0.3 is 15.5 Å². The van der Waals surface area contributed by atoms with Gasteiger partial charge in [0.2, 0.25) is 5.91 Å². The maximum Gasteiger partial charge on any atom is 0.348 e. The Labute approximate surface area is 113 Å². The number of hydrogen-bond donors (Lipinski definition) is 3. The van der Waals surface area contributed by atoms with E-state index < -0.39 is 5.97 Å². The van der Waals surface area contributed by atoms with Gasteiger partial charge in [-0.25, -0.2) is 4.79 Å². The first-order valence-electron chi connectivity index (χ1n) is 5.45. The molecule has 5 nitrogen and oxygen atoms in total. The van der Waals surface area contributed by atoms with Crippen molar-refractivity contribution in [2.75, 3.05) is 5.32 Å². The lowest BCUT2D eigenvalue weighted by atomic mass is 10.1. The number of carboxylic acid groups (broad SMARTS) is 1. The molecule has 0 radical (unpaired) electrons. The lowest BCUT2D eigenvalue weighted by molar-refractivity contribution is -0.115. The molecule has 6 heteroatoms. The first kappa shape index (κ1) is 13.1. The Hall–Kier alpha value is -2.34. The summed E-state index contributed by atoms with van der Waals surface area (Å²) in [6.45, 7) is 0. The zero-order chi connectivity index (χ0) is 13.8. The molecule has 0 fully saturated rings. The van der Waals surface area contributed by atoms with Crippen LogP contribution in [0.4, 0.5) is 5.69 Å². The first-order chi connectivity index (χ1) is 9.08. The number of phenols is 1. The van der Waals surface area contributed by atoms with Crippen LogP contribution in [0.15, 0.2) is 35.7 Å². The number of anilines is 1. The van der Waals surface area contributed by atoms with E-state index in [0.29, 0.717) is 5.56 Å². The second kappa shape index (κ2) is 5.53. The van der Waals surface area contributed by atoms with Crippen molar-refractivity contribution in [3.8, 4) is 5.75 Å². The molecule has 0 aliphatic carbocycles. The van der Waals surface area contributed by atoms with Gasteiger partial charge in [0, 0.05) is 5.56 Å². The molecule has 0 atom stereocenters. The molecule has 0 saturated heterocycles. The van der Waals surface area contributed by atoms with Gasteiger partial charge in [0.1, 0.15) is 10.6 Å². The van der Waals surface area contributed by atoms with Crippen molar-refractivity contribution in [2.45, 2.75) is 6.42 Å². The van der Waals surface area contributed by atoms with Gasteiger partial charge in [0.25, 0.3) is 0 Å². The highest BCUT2D eigenvalue weighted by atomic mass is 32.1. The highest BCUT2D eigenvalue weighted by molar-refractivity contribution is 7.12. The molecular weight excluding hydrogens is 266 g/mol. The molecule has 2 aromatic rings. The standard InChI is InChI=1S/C13H11NO4S/c15-10-4-2-1-3-8(10)7-11(16)14-9-5-6-19-12(9)13(17)18/h1-6,15H,7H2,(H,14,16)(H,17,18). The molecule has 1 aromatic carbocycles. The fourth-order valence-corrected chi connectivity index (χ4v) is 2.29. The summed E-state index contributed by atoms with van der Waals surface area (Å²) >= 11 is 1.05. The Morgan fingerprint density at radius 3 is 2.63 bits per heavy atom. The zero-order valence-corrected chi connectivity index (χ0v) is 10.6. The third kappa shape index (κ3) is 3.11. The molecule has 0 aliphatic rings. The summed E-state index contributed by atoms with van der Waals surface area (Å²) in [5.74, 6) is -1.41. The van der Waals surface area contributed by atoms with Crippen LogP contribution < -0.4 is 5.32 Å². The second-order valence-corrected chi connectivity index (χ2v) is 4.74. The number of hydrogen-bond acceptors (Lipinski definition) is 4. The minimum Gasteiger partial charge on any atom is -0.508 e. The van der Waals surface area contributed by atoms with E-state index in [9.17, 15) is 14.7 Å². The summed E-state index contributed by atoms with van der Waals surface area (Å²) in [4.78, 5) is 22.8. The SMILES string of the molecule is O=C(Cc1ccccc1O)Nc1ccsc1C(=O)O. The van der Waals surface area contributed by atoms with Crippen LogP contribution in [0.25, 0.3) is 0 Å². The zero-order valence-electron chi connectivity index (χ0n) is 9.79. The molecule has 98 valence electrons. The second-order valence-electron chi connectivity index (χ2n) is 3.82. The van der Waals surface area contributed by atoms with E-state index in [0.717, 1.165) is 11.3 Å². The van der Waals surface area contributed by atoms with Gasteiger partial charge in [-0.15, -0.1) is 11.3 Å². The van der Waals surface area contributed by atoms with E-state index >= 15 is 0 Å². The number of amides is 1. The van der Waals surface area contributed by atoms with E-state index in [2.05, 4.69) is 5.32 Å². The van der Waals surface area contributed by atoms with Gasteiger partial charge in [0.05, 0.1) is 12.1 Å². The third-order valence-electron chi connectivity index (χ3n) is 2.48. The molecule has 2 rings (SSSR count). The lowest BCUT2D eigenvalue weighted by Gasteiger charge is -2.06. The predicted octanol–water partition coefficient (Wildman–Crippen LogP) is 2.33. The number of phenolic OH excluding ortho intramolecular Hbond substituents is 1. The van der Waals surface area contributed by atoms with Crippen LogP contribution in [-0.4, -0.2) is 22.1 Å². The van der Waals surface area contributed by atoms with Crippen molar-refractivity contribution in [1.82, 2.24) is 0 Å². The van der Waals surface area contributed by atoms with Crippen molar-refractivity contribution >= 4 is 28.9 Å². The molecule has 19 heavy (non-hydrogen) atoms. The summed E-state index contributed by atoms with van der Waals surface area (Å²) in [7, 11) is 0. The molecule has 0 aliphatic heterocycles. The largest absolute Gasteiger partial charge is 0.508 e. The highest BCUT2D eigenvalue weighted by Gasteiger charge is 2.14. The van der Waals surface area contributed by atoms with Gasteiger partial charge in [-0.3, -0.25) is 4.79 Å². The molecule has 0 bridgehead atoms. The fourth-order valence-electron chi connectivity index (χ4n) is 1.60. The number of para-hydroxylation sites is 1. The van der Waals surface area contributed by atoms with Crippen LogP contribution in [0.3, 0.4) is 0 Å². The maximum absolute atomic E-state index is 11.8. The summed E-state index contributed by atoms with van der Waals surface area (Å²) in [6.07, 6.45) is -0.0123.